The topological polar surface area (TPSA) is 107 Å². The number of rotatable bonds is 12. The summed E-state index contributed by atoms with van der Waals surface area (Å²) in [6, 6.07) is 4.67. The lowest BCUT2D eigenvalue weighted by molar-refractivity contribution is -0.327. The van der Waals surface area contributed by atoms with Crippen molar-refractivity contribution in [3.8, 4) is 11.5 Å². The number of aliphatic carboxylic acids is 1. The molecule has 0 bridgehead atoms. The van der Waals surface area contributed by atoms with Gasteiger partial charge >= 0.3 is 12.3 Å². The van der Waals surface area contributed by atoms with E-state index in [1.165, 1.54) is 24.8 Å². The van der Waals surface area contributed by atoms with Crippen LogP contribution in [0.25, 0.3) is 0 Å². The van der Waals surface area contributed by atoms with Gasteiger partial charge in [0.2, 0.25) is 0 Å². The van der Waals surface area contributed by atoms with Crippen LogP contribution in [0, 0.1) is 0 Å². The maximum absolute atomic E-state index is 11.8. The van der Waals surface area contributed by atoms with E-state index in [1.54, 1.807) is 12.1 Å². The Hall–Kier alpha value is -2.02. The summed E-state index contributed by atoms with van der Waals surface area (Å²) in [5.41, 5.74) is -0.950. The Morgan fingerprint density at radius 1 is 1.17 bits per heavy atom. The monoisotopic (exact) mass is 453 g/mol. The number of phenolic OH excluding ortho intramolecular Hbond substituents is 1. The van der Waals surface area contributed by atoms with Crippen LogP contribution in [0.2, 0.25) is 0 Å². The van der Waals surface area contributed by atoms with E-state index >= 15 is 0 Å². The molecule has 0 aromatic heterocycles. The maximum Gasteiger partial charge on any atom is 0.522 e. The van der Waals surface area contributed by atoms with Gasteiger partial charge < -0.3 is 24.4 Å². The molecule has 0 aliphatic carbocycles. The normalized spacial score (nSPS) is 19.0. The van der Waals surface area contributed by atoms with E-state index in [4.69, 9.17) is 14.2 Å². The first-order chi connectivity index (χ1) is 14.1. The zero-order chi connectivity index (χ0) is 22.2. The number of aromatic hydroxyl groups is 1. The van der Waals surface area contributed by atoms with E-state index in [2.05, 4.69) is 9.73 Å². The molecule has 0 spiro atoms. The van der Waals surface area contributed by atoms with Crippen LogP contribution in [0.1, 0.15) is 12.5 Å². The van der Waals surface area contributed by atoms with Crippen molar-refractivity contribution < 1.29 is 47.1 Å². The van der Waals surface area contributed by atoms with Gasteiger partial charge in [-0.25, -0.2) is 4.79 Å². The second kappa shape index (κ2) is 10.8. The summed E-state index contributed by atoms with van der Waals surface area (Å²) in [5.74, 6) is -0.560. The fraction of sp³-hybridized carbons (Fsp3) is 0.556. The summed E-state index contributed by atoms with van der Waals surface area (Å²) >= 11 is 1.22. The molecule has 1 unspecified atom stereocenters. The first-order valence-electron chi connectivity index (χ1n) is 8.90. The van der Waals surface area contributed by atoms with E-state index in [9.17, 15) is 28.2 Å². The Bertz CT molecular complexity index is 760. The number of alkyl halides is 3. The van der Waals surface area contributed by atoms with Gasteiger partial charge in [0, 0.05) is 5.75 Å². The highest BCUT2D eigenvalue weighted by Crippen LogP contribution is 2.38. The fourth-order valence-corrected chi connectivity index (χ4v) is 3.56. The van der Waals surface area contributed by atoms with Crippen LogP contribution in [-0.2, 0) is 19.0 Å². The summed E-state index contributed by atoms with van der Waals surface area (Å²) in [4.78, 5) is 15.6. The molecule has 1 aromatic rings. The van der Waals surface area contributed by atoms with Gasteiger partial charge in [-0.1, -0.05) is 6.07 Å². The zero-order valence-corrected chi connectivity index (χ0v) is 16.9. The van der Waals surface area contributed by atoms with E-state index in [0.717, 1.165) is 0 Å². The van der Waals surface area contributed by atoms with Crippen LogP contribution < -0.4 is 4.74 Å². The number of halogens is 3. The lowest BCUT2D eigenvalue weighted by atomic mass is 10.1. The van der Waals surface area contributed by atoms with Gasteiger partial charge in [-0.15, -0.1) is 24.9 Å². The molecule has 0 saturated heterocycles. The number of ether oxygens (including phenoxy) is 4. The van der Waals surface area contributed by atoms with Crippen molar-refractivity contribution in [3.63, 3.8) is 0 Å². The molecular weight excluding hydrogens is 431 g/mol. The van der Waals surface area contributed by atoms with Crippen LogP contribution in [-0.4, -0.2) is 78.5 Å². The molecule has 0 amide bonds. The predicted octanol–water partition coefficient (Wildman–Crippen LogP) is 2.68. The summed E-state index contributed by atoms with van der Waals surface area (Å²) in [5, 5.41) is 19.9. The summed E-state index contributed by atoms with van der Waals surface area (Å²) in [6.45, 7) is 1.26. The fourth-order valence-electron chi connectivity index (χ4n) is 2.34. The average Bonchev–Trinajstić information content (AvgIpc) is 3.05. The van der Waals surface area contributed by atoms with Gasteiger partial charge in [0.05, 0.1) is 38.6 Å². The van der Waals surface area contributed by atoms with E-state index in [1.807, 2.05) is 0 Å². The highest BCUT2D eigenvalue weighted by molar-refractivity contribution is 8.14. The van der Waals surface area contributed by atoms with Crippen LogP contribution in [0.15, 0.2) is 23.2 Å². The van der Waals surface area contributed by atoms with E-state index in [0.29, 0.717) is 16.4 Å². The van der Waals surface area contributed by atoms with Crippen molar-refractivity contribution in [1.29, 1.82) is 0 Å². The molecule has 1 atom stereocenters. The van der Waals surface area contributed by atoms with Crippen molar-refractivity contribution in [2.45, 2.75) is 18.8 Å². The van der Waals surface area contributed by atoms with E-state index in [-0.39, 0.29) is 44.5 Å². The minimum Gasteiger partial charge on any atom is -0.507 e. The van der Waals surface area contributed by atoms with Gasteiger partial charge in [-0.2, -0.15) is 0 Å². The Labute approximate surface area is 175 Å². The largest absolute Gasteiger partial charge is 0.522 e. The number of aliphatic imine (C=N–C) groups is 1. The summed E-state index contributed by atoms with van der Waals surface area (Å²) in [7, 11) is 0. The molecule has 168 valence electrons. The minimum atomic E-state index is -4.67. The molecule has 1 aliphatic heterocycles. The number of thioether (sulfide) groups is 1. The number of carbonyl (C=O) groups is 1. The Balaban J connectivity index is 1.76. The van der Waals surface area contributed by atoms with Gasteiger partial charge in [0.1, 0.15) is 23.1 Å². The van der Waals surface area contributed by atoms with Gasteiger partial charge in [-0.05, 0) is 19.1 Å². The third kappa shape index (κ3) is 7.35. The van der Waals surface area contributed by atoms with Gasteiger partial charge in [-0.3, -0.25) is 9.73 Å². The molecule has 1 aromatic carbocycles. The maximum atomic E-state index is 11.8. The Kier molecular flexibility index (Phi) is 8.77. The third-order valence-electron chi connectivity index (χ3n) is 3.87. The number of benzene rings is 1. The Morgan fingerprint density at radius 2 is 1.80 bits per heavy atom. The molecular formula is C18H22F3NO7S. The molecule has 0 fully saturated rings. The lowest BCUT2D eigenvalue weighted by Gasteiger charge is -2.13. The quantitative estimate of drug-likeness (QED) is 0.466. The smallest absolute Gasteiger partial charge is 0.507 e. The van der Waals surface area contributed by atoms with Crippen LogP contribution in [0.4, 0.5) is 13.2 Å². The third-order valence-corrected chi connectivity index (χ3v) is 5.14. The van der Waals surface area contributed by atoms with Crippen LogP contribution >= 0.6 is 11.8 Å². The number of carboxylic acid groups (broad SMARTS) is 1. The number of hydrogen-bond donors (Lipinski definition) is 2. The number of carboxylic acids is 1. The molecule has 2 N–H and O–H groups in total. The van der Waals surface area contributed by atoms with Crippen molar-refractivity contribution >= 4 is 22.8 Å². The van der Waals surface area contributed by atoms with Crippen molar-refractivity contribution in [2.24, 2.45) is 4.99 Å². The second-order valence-corrected chi connectivity index (χ2v) is 7.27. The number of phenols is 1. The lowest BCUT2D eigenvalue weighted by Crippen LogP contribution is -2.33. The van der Waals surface area contributed by atoms with Crippen molar-refractivity contribution in [3.05, 3.63) is 23.8 Å². The molecule has 30 heavy (non-hydrogen) atoms. The Morgan fingerprint density at radius 3 is 2.40 bits per heavy atom. The molecule has 8 nitrogen and oxygen atoms in total. The molecule has 0 saturated carbocycles. The van der Waals surface area contributed by atoms with Gasteiger partial charge in [0.15, 0.2) is 5.54 Å². The summed E-state index contributed by atoms with van der Waals surface area (Å²) in [6.07, 6.45) is -4.67. The zero-order valence-electron chi connectivity index (χ0n) is 16.1. The molecule has 12 heteroatoms. The number of nitrogens with zero attached hydrogens (tertiary/aromatic N) is 1. The van der Waals surface area contributed by atoms with Crippen molar-refractivity contribution in [1.82, 2.24) is 0 Å². The SMILES string of the molecule is CC1(C(=O)O)CSC(c2c(O)cccc2OCCOCCOCCOC(F)(F)F)=N1. The van der Waals surface area contributed by atoms with Crippen LogP contribution in [0.5, 0.6) is 11.5 Å². The van der Waals surface area contributed by atoms with Crippen LogP contribution in [0.3, 0.4) is 0 Å². The minimum absolute atomic E-state index is 0.0798. The molecule has 0 radical (unpaired) electrons. The average molecular weight is 453 g/mol. The highest BCUT2D eigenvalue weighted by atomic mass is 32.2. The highest BCUT2D eigenvalue weighted by Gasteiger charge is 2.39. The van der Waals surface area contributed by atoms with Gasteiger partial charge in [0.25, 0.3) is 0 Å². The predicted molar refractivity (Wildman–Crippen MR) is 102 cm³/mol. The molecule has 1 aliphatic rings. The van der Waals surface area contributed by atoms with E-state index < -0.39 is 24.5 Å². The first kappa shape index (κ1) is 24.3. The van der Waals surface area contributed by atoms with Crippen molar-refractivity contribution in [2.75, 3.05) is 45.4 Å². The summed E-state index contributed by atoms with van der Waals surface area (Å²) < 4.78 is 54.7. The standard InChI is InChI=1S/C18H22F3NO7S/c1-17(16(24)25)11-30-15(22-17)14-12(23)3-2-4-13(14)28-9-7-26-5-6-27-8-10-29-18(19,20)21/h2-4,23H,5-11H2,1H3,(H,24,25). The number of hydrogen-bond acceptors (Lipinski definition) is 8. The first-order valence-corrected chi connectivity index (χ1v) is 9.88. The molecule has 2 rings (SSSR count). The second-order valence-electron chi connectivity index (χ2n) is 6.30. The molecule has 1 heterocycles.